The van der Waals surface area contributed by atoms with Crippen molar-refractivity contribution in [3.05, 3.63) is 63.6 Å². The molecule has 5 unspecified atom stereocenters. The van der Waals surface area contributed by atoms with E-state index >= 15 is 0 Å². The van der Waals surface area contributed by atoms with Crippen molar-refractivity contribution in [1.29, 1.82) is 0 Å². The van der Waals surface area contributed by atoms with Crippen molar-refractivity contribution >= 4 is 53.1 Å². The molecule has 4 rings (SSSR count). The lowest BCUT2D eigenvalue weighted by Gasteiger charge is -2.37. The Labute approximate surface area is 233 Å². The van der Waals surface area contributed by atoms with E-state index in [0.717, 1.165) is 11.1 Å². The summed E-state index contributed by atoms with van der Waals surface area (Å²) < 4.78 is 0. The Kier molecular flexibility index (Phi) is 9.21. The van der Waals surface area contributed by atoms with E-state index in [1.165, 1.54) is 0 Å². The number of amides is 2. The van der Waals surface area contributed by atoms with Gasteiger partial charge in [0, 0.05) is 34.2 Å². The highest BCUT2D eigenvalue weighted by Crippen LogP contribution is 2.56. The Hall–Kier alpha value is -1.87. The SMILES string of the molecule is CC(C)(C)CC1NC(C(=O)NCCC(O)CO)C(c2cccc(Cl)c2)C12C(=O)Nc1cc(Cl)ccc12.Cl. The van der Waals surface area contributed by atoms with E-state index in [1.54, 1.807) is 18.2 Å². The summed E-state index contributed by atoms with van der Waals surface area (Å²) >= 11 is 12.7. The Morgan fingerprint density at radius 3 is 2.51 bits per heavy atom. The number of carbonyl (C=O) groups excluding carboxylic acids is 2. The van der Waals surface area contributed by atoms with Gasteiger partial charge in [-0.2, -0.15) is 0 Å². The number of benzene rings is 2. The largest absolute Gasteiger partial charge is 0.394 e. The van der Waals surface area contributed by atoms with E-state index in [9.17, 15) is 14.7 Å². The minimum atomic E-state index is -1.08. The molecule has 0 aromatic heterocycles. The smallest absolute Gasteiger partial charge is 0.237 e. The summed E-state index contributed by atoms with van der Waals surface area (Å²) in [5.74, 6) is -1.03. The van der Waals surface area contributed by atoms with E-state index in [1.807, 2.05) is 24.3 Å². The summed E-state index contributed by atoms with van der Waals surface area (Å²) in [5, 5.41) is 29.3. The van der Waals surface area contributed by atoms with Crippen LogP contribution in [0.5, 0.6) is 0 Å². The maximum atomic E-state index is 14.0. The number of halogens is 3. The van der Waals surface area contributed by atoms with Gasteiger partial charge in [-0.25, -0.2) is 0 Å². The van der Waals surface area contributed by atoms with E-state index in [0.29, 0.717) is 22.2 Å². The maximum absolute atomic E-state index is 14.0. The summed E-state index contributed by atoms with van der Waals surface area (Å²) in [6.07, 6.45) is -0.0652. The zero-order valence-corrected chi connectivity index (χ0v) is 23.4. The number of aliphatic hydroxyl groups excluding tert-OH is 2. The van der Waals surface area contributed by atoms with Crippen molar-refractivity contribution in [2.75, 3.05) is 18.5 Å². The minimum absolute atomic E-state index is 0. The highest BCUT2D eigenvalue weighted by molar-refractivity contribution is 6.31. The van der Waals surface area contributed by atoms with Crippen LogP contribution in [-0.2, 0) is 15.0 Å². The highest BCUT2D eigenvalue weighted by Gasteiger charge is 2.65. The molecule has 0 bridgehead atoms. The van der Waals surface area contributed by atoms with Crippen LogP contribution in [0, 0.1) is 5.41 Å². The van der Waals surface area contributed by atoms with Crippen LogP contribution in [0.4, 0.5) is 5.69 Å². The molecule has 2 heterocycles. The Bertz CT molecular complexity index is 1160. The fourth-order valence-electron chi connectivity index (χ4n) is 5.69. The Morgan fingerprint density at radius 1 is 1.16 bits per heavy atom. The number of anilines is 1. The normalized spacial score (nSPS) is 25.4. The van der Waals surface area contributed by atoms with Gasteiger partial charge in [0.25, 0.3) is 0 Å². The maximum Gasteiger partial charge on any atom is 0.237 e. The zero-order valence-electron chi connectivity index (χ0n) is 21.1. The molecule has 1 fully saturated rings. The summed E-state index contributed by atoms with van der Waals surface area (Å²) in [5.41, 5.74) is 1.00. The van der Waals surface area contributed by atoms with Crippen LogP contribution in [0.15, 0.2) is 42.5 Å². The van der Waals surface area contributed by atoms with Crippen molar-refractivity contribution in [3.8, 4) is 0 Å². The van der Waals surface area contributed by atoms with Gasteiger partial charge in [-0.1, -0.05) is 62.2 Å². The number of rotatable bonds is 7. The second-order valence-electron chi connectivity index (χ2n) is 10.9. The van der Waals surface area contributed by atoms with Gasteiger partial charge < -0.3 is 26.2 Å². The lowest BCUT2D eigenvalue weighted by Crippen LogP contribution is -2.49. The highest BCUT2D eigenvalue weighted by atomic mass is 35.5. The van der Waals surface area contributed by atoms with Gasteiger partial charge in [-0.15, -0.1) is 12.4 Å². The van der Waals surface area contributed by atoms with Crippen molar-refractivity contribution < 1.29 is 19.8 Å². The van der Waals surface area contributed by atoms with Crippen molar-refractivity contribution in [3.63, 3.8) is 0 Å². The molecule has 1 saturated heterocycles. The van der Waals surface area contributed by atoms with Crippen LogP contribution in [0.3, 0.4) is 0 Å². The molecule has 2 aromatic rings. The van der Waals surface area contributed by atoms with Gasteiger partial charge in [-0.3, -0.25) is 9.59 Å². The van der Waals surface area contributed by atoms with Gasteiger partial charge in [0.1, 0.15) is 5.41 Å². The summed E-state index contributed by atoms with van der Waals surface area (Å²) in [4.78, 5) is 27.6. The van der Waals surface area contributed by atoms with Gasteiger partial charge in [0.15, 0.2) is 0 Å². The van der Waals surface area contributed by atoms with E-state index < -0.39 is 23.5 Å². The number of nitrogens with one attached hydrogen (secondary N) is 3. The minimum Gasteiger partial charge on any atom is -0.394 e. The molecule has 0 saturated carbocycles. The van der Waals surface area contributed by atoms with Crippen LogP contribution < -0.4 is 16.0 Å². The first-order chi connectivity index (χ1) is 17.0. The zero-order chi connectivity index (χ0) is 26.3. The van der Waals surface area contributed by atoms with Gasteiger partial charge in [0.05, 0.1) is 18.8 Å². The number of hydrogen-bond donors (Lipinski definition) is 5. The third-order valence-electron chi connectivity index (χ3n) is 7.10. The van der Waals surface area contributed by atoms with Crippen LogP contribution >= 0.6 is 35.6 Å². The van der Waals surface area contributed by atoms with E-state index in [4.69, 9.17) is 28.3 Å². The van der Waals surface area contributed by atoms with E-state index in [-0.39, 0.29) is 55.3 Å². The first-order valence-corrected chi connectivity index (χ1v) is 12.9. The lowest BCUT2D eigenvalue weighted by atomic mass is 9.62. The quantitative estimate of drug-likeness (QED) is 0.345. The molecule has 5 atom stereocenters. The topological polar surface area (TPSA) is 111 Å². The molecule has 10 heteroatoms. The number of fused-ring (bicyclic) bond motifs is 2. The van der Waals surface area contributed by atoms with Gasteiger partial charge >= 0.3 is 0 Å². The van der Waals surface area contributed by atoms with Gasteiger partial charge in [-0.05, 0) is 53.6 Å². The van der Waals surface area contributed by atoms with Crippen molar-refractivity contribution in [2.45, 2.75) is 63.1 Å². The lowest BCUT2D eigenvalue weighted by molar-refractivity contribution is -0.124. The first-order valence-electron chi connectivity index (χ1n) is 12.2. The molecule has 2 amide bonds. The summed E-state index contributed by atoms with van der Waals surface area (Å²) in [6, 6.07) is 11.6. The van der Waals surface area contributed by atoms with Crippen molar-refractivity contribution in [2.24, 2.45) is 5.41 Å². The fraction of sp³-hybridized carbons (Fsp3) is 0.481. The fourth-order valence-corrected chi connectivity index (χ4v) is 6.06. The number of aliphatic hydroxyl groups is 2. The molecule has 1 spiro atoms. The van der Waals surface area contributed by atoms with Crippen LogP contribution in [-0.4, -0.2) is 53.4 Å². The molecule has 0 radical (unpaired) electrons. The monoisotopic (exact) mass is 569 g/mol. The van der Waals surface area contributed by atoms with E-state index in [2.05, 4.69) is 36.7 Å². The molecule has 7 nitrogen and oxygen atoms in total. The average Bonchev–Trinajstić information content (AvgIpc) is 3.27. The molecule has 202 valence electrons. The summed E-state index contributed by atoms with van der Waals surface area (Å²) in [6.45, 7) is 6.14. The Morgan fingerprint density at radius 2 is 1.86 bits per heavy atom. The third kappa shape index (κ3) is 5.77. The van der Waals surface area contributed by atoms with Crippen molar-refractivity contribution in [1.82, 2.24) is 10.6 Å². The van der Waals surface area contributed by atoms with Crippen LogP contribution in [0.2, 0.25) is 10.0 Å². The van der Waals surface area contributed by atoms with Crippen LogP contribution in [0.1, 0.15) is 50.7 Å². The Balaban J connectivity index is 0.00000380. The molecular formula is C27H34Cl3N3O4. The average molecular weight is 571 g/mol. The molecule has 2 aliphatic rings. The first kappa shape index (κ1) is 29.7. The predicted octanol–water partition coefficient (Wildman–Crippen LogP) is 4.03. The molecule has 5 N–H and O–H groups in total. The molecule has 2 aliphatic heterocycles. The number of carbonyl (C=O) groups is 2. The third-order valence-corrected chi connectivity index (χ3v) is 7.57. The molecule has 37 heavy (non-hydrogen) atoms. The number of hydrogen-bond acceptors (Lipinski definition) is 5. The molecule has 2 aromatic carbocycles. The van der Waals surface area contributed by atoms with Gasteiger partial charge in [0.2, 0.25) is 11.8 Å². The van der Waals surface area contributed by atoms with Crippen LogP contribution in [0.25, 0.3) is 0 Å². The standard InChI is InChI=1S/C27H33Cl2N3O4.ClH/c1-26(2,3)13-21-27(19-8-7-17(29)12-20(19)31-25(27)36)22(15-5-4-6-16(28)11-15)23(32-21)24(35)30-10-9-18(34)14-33;/h4-8,11-12,18,21-23,32-34H,9-10,13-14H2,1-3H3,(H,30,35)(H,31,36);1H. The molecular weight excluding hydrogens is 537 g/mol. The summed E-state index contributed by atoms with van der Waals surface area (Å²) in [7, 11) is 0. The molecule has 0 aliphatic carbocycles. The second kappa shape index (κ2) is 11.5. The second-order valence-corrected chi connectivity index (χ2v) is 11.8. The predicted molar refractivity (Wildman–Crippen MR) is 149 cm³/mol.